The van der Waals surface area contributed by atoms with Gasteiger partial charge in [0.05, 0.1) is 0 Å². The summed E-state index contributed by atoms with van der Waals surface area (Å²) in [4.78, 5) is 12.0. The Balaban J connectivity index is 1.48. The van der Waals surface area contributed by atoms with Crippen LogP contribution in [0.2, 0.25) is 0 Å². The Morgan fingerprint density at radius 3 is 2.61 bits per heavy atom. The van der Waals surface area contributed by atoms with Gasteiger partial charge in [-0.1, -0.05) is 25.6 Å². The van der Waals surface area contributed by atoms with Gasteiger partial charge in [-0.3, -0.25) is 0 Å². The molecule has 0 bridgehead atoms. The fourth-order valence-corrected chi connectivity index (χ4v) is 4.07. The third-order valence-electron chi connectivity index (χ3n) is 4.81. The minimum Gasteiger partial charge on any atom is -0.484 e. The Bertz CT molecular complexity index is 1270. The van der Waals surface area contributed by atoms with E-state index in [0.717, 1.165) is 16.5 Å². The first-order valence-electron chi connectivity index (χ1n) is 9.80. The number of aryl methyl sites for hydroxylation is 1. The number of halogens is 1. The van der Waals surface area contributed by atoms with Gasteiger partial charge in [0.1, 0.15) is 17.1 Å². The first-order chi connectivity index (χ1) is 14.9. The Hall–Kier alpha value is -3.13. The van der Waals surface area contributed by atoms with E-state index in [4.69, 9.17) is 13.6 Å². The molecule has 160 valence electrons. The number of aromatic nitrogens is 2. The maximum Gasteiger partial charge on any atom is 0.336 e. The van der Waals surface area contributed by atoms with Crippen molar-refractivity contribution in [2.75, 3.05) is 0 Å². The number of ether oxygens (including phenoxy) is 1. The minimum absolute atomic E-state index is 0.0775. The molecule has 0 spiro atoms. The maximum absolute atomic E-state index is 13.0. The molecule has 0 radical (unpaired) electrons. The summed E-state index contributed by atoms with van der Waals surface area (Å²) >= 11 is 1.33. The molecule has 6 nitrogen and oxygen atoms in total. The van der Waals surface area contributed by atoms with Crippen molar-refractivity contribution in [1.29, 1.82) is 0 Å². The summed E-state index contributed by atoms with van der Waals surface area (Å²) in [6.45, 7) is 6.36. The maximum atomic E-state index is 13.0. The van der Waals surface area contributed by atoms with Crippen LogP contribution in [-0.2, 0) is 12.4 Å². The van der Waals surface area contributed by atoms with Crippen LogP contribution >= 0.6 is 11.8 Å². The third kappa shape index (κ3) is 4.96. The SMILES string of the molecule is Cc1cc2oc(=O)cc(CSc3nnc(COc4ccc(F)cc4)o3)c2cc1C(C)C. The number of thioether (sulfide) groups is 1. The monoisotopic (exact) mass is 440 g/mol. The molecule has 2 heterocycles. The molecule has 2 aromatic carbocycles. The van der Waals surface area contributed by atoms with E-state index < -0.39 is 5.63 Å². The largest absolute Gasteiger partial charge is 0.484 e. The summed E-state index contributed by atoms with van der Waals surface area (Å²) in [5.74, 6) is 1.32. The van der Waals surface area contributed by atoms with Gasteiger partial charge in [-0.05, 0) is 65.9 Å². The van der Waals surface area contributed by atoms with Crippen LogP contribution in [0.15, 0.2) is 61.3 Å². The number of benzene rings is 2. The third-order valence-corrected chi connectivity index (χ3v) is 5.68. The molecule has 0 aliphatic rings. The molecule has 0 unspecified atom stereocenters. The molecule has 0 amide bonds. The van der Waals surface area contributed by atoms with Crippen LogP contribution in [0.3, 0.4) is 0 Å². The number of hydrogen-bond acceptors (Lipinski definition) is 7. The highest BCUT2D eigenvalue weighted by atomic mass is 32.2. The van der Waals surface area contributed by atoms with Crippen molar-refractivity contribution in [2.45, 2.75) is 44.3 Å². The predicted octanol–water partition coefficient (Wildman–Crippen LogP) is 5.62. The van der Waals surface area contributed by atoms with Gasteiger partial charge in [-0.2, -0.15) is 0 Å². The van der Waals surface area contributed by atoms with E-state index in [1.165, 1.54) is 47.7 Å². The minimum atomic E-state index is -0.390. The average Bonchev–Trinajstić information content (AvgIpc) is 3.18. The topological polar surface area (TPSA) is 78.4 Å². The molecule has 0 saturated carbocycles. The van der Waals surface area contributed by atoms with Gasteiger partial charge in [-0.25, -0.2) is 9.18 Å². The standard InChI is InChI=1S/C23H21FN2O4S/c1-13(2)18-10-19-15(9-22(27)29-20(19)8-14(18)3)12-31-23-26-25-21(30-23)11-28-17-6-4-16(24)5-7-17/h4-10,13H,11-12H2,1-3H3. The molecular formula is C23H21FN2O4S. The van der Waals surface area contributed by atoms with Crippen molar-refractivity contribution in [3.05, 3.63) is 81.3 Å². The normalized spacial score (nSPS) is 11.4. The Morgan fingerprint density at radius 1 is 1.10 bits per heavy atom. The van der Waals surface area contributed by atoms with Gasteiger partial charge in [-0.15, -0.1) is 10.2 Å². The zero-order valence-corrected chi connectivity index (χ0v) is 18.2. The Labute approximate surface area is 182 Å². The zero-order valence-electron chi connectivity index (χ0n) is 17.3. The molecule has 2 aromatic heterocycles. The fourth-order valence-electron chi connectivity index (χ4n) is 3.30. The van der Waals surface area contributed by atoms with Gasteiger partial charge >= 0.3 is 5.63 Å². The molecule has 4 rings (SSSR count). The quantitative estimate of drug-likeness (QED) is 0.273. The van der Waals surface area contributed by atoms with Crippen molar-refractivity contribution in [2.24, 2.45) is 0 Å². The van der Waals surface area contributed by atoms with Gasteiger partial charge in [0.2, 0.25) is 0 Å². The highest BCUT2D eigenvalue weighted by Crippen LogP contribution is 2.30. The summed E-state index contributed by atoms with van der Waals surface area (Å²) in [6, 6.07) is 11.2. The number of rotatable bonds is 7. The summed E-state index contributed by atoms with van der Waals surface area (Å²) in [6.07, 6.45) is 0. The second-order valence-electron chi connectivity index (χ2n) is 7.44. The van der Waals surface area contributed by atoms with Crippen LogP contribution in [0.5, 0.6) is 5.75 Å². The number of nitrogens with zero attached hydrogens (tertiary/aromatic N) is 2. The molecule has 31 heavy (non-hydrogen) atoms. The first-order valence-corrected chi connectivity index (χ1v) is 10.8. The lowest BCUT2D eigenvalue weighted by Gasteiger charge is -2.12. The molecule has 8 heteroatoms. The van der Waals surface area contributed by atoms with E-state index in [0.29, 0.717) is 34.1 Å². The van der Waals surface area contributed by atoms with E-state index in [-0.39, 0.29) is 12.4 Å². The summed E-state index contributed by atoms with van der Waals surface area (Å²) in [5.41, 5.74) is 3.34. The summed E-state index contributed by atoms with van der Waals surface area (Å²) in [7, 11) is 0. The predicted molar refractivity (Wildman–Crippen MR) is 116 cm³/mol. The molecule has 0 aliphatic heterocycles. The smallest absolute Gasteiger partial charge is 0.336 e. The van der Waals surface area contributed by atoms with Crippen LogP contribution < -0.4 is 10.4 Å². The first kappa shape index (κ1) is 21.1. The van der Waals surface area contributed by atoms with Crippen LogP contribution in [0, 0.1) is 12.7 Å². The van der Waals surface area contributed by atoms with E-state index in [1.807, 2.05) is 13.0 Å². The van der Waals surface area contributed by atoms with Gasteiger partial charge in [0.25, 0.3) is 11.1 Å². The lowest BCUT2D eigenvalue weighted by Crippen LogP contribution is -2.02. The molecule has 0 saturated heterocycles. The van der Waals surface area contributed by atoms with Crippen molar-refractivity contribution in [3.8, 4) is 5.75 Å². The summed E-state index contributed by atoms with van der Waals surface area (Å²) in [5, 5.41) is 9.27. The molecule has 0 aliphatic carbocycles. The highest BCUT2D eigenvalue weighted by Gasteiger charge is 2.14. The van der Waals surface area contributed by atoms with Crippen molar-refractivity contribution in [1.82, 2.24) is 10.2 Å². The van der Waals surface area contributed by atoms with E-state index in [1.54, 1.807) is 0 Å². The van der Waals surface area contributed by atoms with Crippen molar-refractivity contribution >= 4 is 22.7 Å². The van der Waals surface area contributed by atoms with E-state index >= 15 is 0 Å². The Kier molecular flexibility index (Phi) is 6.08. The number of fused-ring (bicyclic) bond motifs is 1. The van der Waals surface area contributed by atoms with Crippen LogP contribution in [0.25, 0.3) is 11.0 Å². The second-order valence-corrected chi connectivity index (χ2v) is 8.37. The van der Waals surface area contributed by atoms with Crippen LogP contribution in [-0.4, -0.2) is 10.2 Å². The van der Waals surface area contributed by atoms with Gasteiger partial charge < -0.3 is 13.6 Å². The van der Waals surface area contributed by atoms with E-state index in [9.17, 15) is 9.18 Å². The van der Waals surface area contributed by atoms with Gasteiger partial charge in [0, 0.05) is 17.2 Å². The van der Waals surface area contributed by atoms with Crippen molar-refractivity contribution in [3.63, 3.8) is 0 Å². The molecular weight excluding hydrogens is 419 g/mol. The van der Waals surface area contributed by atoms with E-state index in [2.05, 4.69) is 30.1 Å². The number of hydrogen-bond donors (Lipinski definition) is 0. The molecule has 4 aromatic rings. The lowest BCUT2D eigenvalue weighted by molar-refractivity contribution is 0.252. The van der Waals surface area contributed by atoms with Crippen molar-refractivity contribution < 1.29 is 18.0 Å². The average molecular weight is 440 g/mol. The van der Waals surface area contributed by atoms with Crippen LogP contribution in [0.4, 0.5) is 4.39 Å². The fraction of sp³-hybridized carbons (Fsp3) is 0.261. The lowest BCUT2D eigenvalue weighted by atomic mass is 9.95. The zero-order chi connectivity index (χ0) is 22.0. The molecule has 0 atom stereocenters. The summed E-state index contributed by atoms with van der Waals surface area (Å²) < 4.78 is 29.5. The van der Waals surface area contributed by atoms with Crippen LogP contribution in [0.1, 0.15) is 42.3 Å². The second kappa shape index (κ2) is 8.93. The molecule has 0 N–H and O–H groups in total. The molecule has 0 fully saturated rings. The van der Waals surface area contributed by atoms with Gasteiger partial charge in [0.15, 0.2) is 6.61 Å². The Morgan fingerprint density at radius 2 is 1.87 bits per heavy atom. The highest BCUT2D eigenvalue weighted by molar-refractivity contribution is 7.98.